The molecule has 22 heavy (non-hydrogen) atoms. The Kier molecular flexibility index (Phi) is 4.02. The van der Waals surface area contributed by atoms with Gasteiger partial charge in [-0.2, -0.15) is 0 Å². The Morgan fingerprint density at radius 2 is 2.27 bits per heavy atom. The Morgan fingerprint density at radius 1 is 1.45 bits per heavy atom. The molecular formula is C15H16ClN3O3. The van der Waals surface area contributed by atoms with Gasteiger partial charge in [-0.05, 0) is 31.0 Å². The monoisotopic (exact) mass is 321 g/mol. The van der Waals surface area contributed by atoms with E-state index in [2.05, 4.69) is 10.2 Å². The second-order valence-corrected chi connectivity index (χ2v) is 5.57. The van der Waals surface area contributed by atoms with Gasteiger partial charge in [-0.25, -0.2) is 0 Å². The molecule has 1 saturated heterocycles. The molecule has 2 heterocycles. The average Bonchev–Trinajstić information content (AvgIpc) is 3.15. The van der Waals surface area contributed by atoms with E-state index in [9.17, 15) is 4.79 Å². The van der Waals surface area contributed by atoms with Crippen LogP contribution in [0.2, 0.25) is 5.02 Å². The van der Waals surface area contributed by atoms with Gasteiger partial charge in [0.2, 0.25) is 11.8 Å². The van der Waals surface area contributed by atoms with Crippen LogP contribution in [-0.2, 0) is 0 Å². The maximum Gasteiger partial charge on any atom is 0.254 e. The molecule has 1 aromatic carbocycles. The standard InChI is InChI=1S/C15H16ClN3O3/c1-9-17-18-14(22-9)12-4-3-7-19(12)15(20)10-5-6-11(16)13(8-10)21-2/h5-6,8,12H,3-4,7H2,1-2H3. The van der Waals surface area contributed by atoms with Crippen molar-refractivity contribution >= 4 is 17.5 Å². The first kappa shape index (κ1) is 14.8. The summed E-state index contributed by atoms with van der Waals surface area (Å²) in [6.45, 7) is 2.40. The first-order valence-electron chi connectivity index (χ1n) is 7.04. The molecule has 1 aromatic heterocycles. The Labute approximate surface area is 133 Å². The first-order chi connectivity index (χ1) is 10.6. The van der Waals surface area contributed by atoms with E-state index in [0.717, 1.165) is 12.8 Å². The van der Waals surface area contributed by atoms with Crippen LogP contribution in [0.25, 0.3) is 0 Å². The van der Waals surface area contributed by atoms with Gasteiger partial charge in [-0.15, -0.1) is 10.2 Å². The van der Waals surface area contributed by atoms with Crippen LogP contribution in [-0.4, -0.2) is 34.7 Å². The SMILES string of the molecule is COc1cc(C(=O)N2CCCC2c2nnc(C)o2)ccc1Cl. The summed E-state index contributed by atoms with van der Waals surface area (Å²) >= 11 is 6.00. The number of hydrogen-bond donors (Lipinski definition) is 0. The smallest absolute Gasteiger partial charge is 0.254 e. The zero-order valence-electron chi connectivity index (χ0n) is 12.4. The van der Waals surface area contributed by atoms with Crippen molar-refractivity contribution in [1.29, 1.82) is 0 Å². The predicted octanol–water partition coefficient (Wildman–Crippen LogP) is 3.02. The fourth-order valence-electron chi connectivity index (χ4n) is 2.67. The van der Waals surface area contributed by atoms with Crippen LogP contribution in [0, 0.1) is 6.92 Å². The van der Waals surface area contributed by atoms with Gasteiger partial charge in [0, 0.05) is 19.0 Å². The van der Waals surface area contributed by atoms with Gasteiger partial charge in [0.25, 0.3) is 5.91 Å². The van der Waals surface area contributed by atoms with Crippen molar-refractivity contribution in [2.45, 2.75) is 25.8 Å². The molecule has 0 spiro atoms. The minimum atomic E-state index is -0.171. The normalized spacial score (nSPS) is 17.8. The number of amides is 1. The van der Waals surface area contributed by atoms with Crippen LogP contribution < -0.4 is 4.74 Å². The molecule has 1 atom stereocenters. The first-order valence-corrected chi connectivity index (χ1v) is 7.42. The van der Waals surface area contributed by atoms with Crippen molar-refractivity contribution in [3.8, 4) is 5.75 Å². The summed E-state index contributed by atoms with van der Waals surface area (Å²) in [7, 11) is 1.52. The lowest BCUT2D eigenvalue weighted by atomic mass is 10.1. The average molecular weight is 322 g/mol. The van der Waals surface area contributed by atoms with E-state index in [1.165, 1.54) is 7.11 Å². The number of carbonyl (C=O) groups is 1. The summed E-state index contributed by atoms with van der Waals surface area (Å²) in [5, 5.41) is 8.37. The van der Waals surface area contributed by atoms with E-state index in [-0.39, 0.29) is 11.9 Å². The molecule has 1 amide bonds. The molecule has 6 nitrogen and oxygen atoms in total. The Morgan fingerprint density at radius 3 is 2.95 bits per heavy atom. The van der Waals surface area contributed by atoms with E-state index in [4.69, 9.17) is 20.8 Å². The molecule has 2 aromatic rings. The van der Waals surface area contributed by atoms with E-state index >= 15 is 0 Å². The Balaban J connectivity index is 1.87. The summed E-state index contributed by atoms with van der Waals surface area (Å²) in [5.41, 5.74) is 0.532. The largest absolute Gasteiger partial charge is 0.495 e. The lowest BCUT2D eigenvalue weighted by molar-refractivity contribution is 0.0714. The fraction of sp³-hybridized carbons (Fsp3) is 0.400. The van der Waals surface area contributed by atoms with E-state index in [0.29, 0.717) is 34.7 Å². The number of rotatable bonds is 3. The Bertz CT molecular complexity index is 701. The lowest BCUT2D eigenvalue weighted by Crippen LogP contribution is -2.30. The van der Waals surface area contributed by atoms with Crippen molar-refractivity contribution < 1.29 is 13.9 Å². The second-order valence-electron chi connectivity index (χ2n) is 5.17. The molecule has 0 radical (unpaired) electrons. The second kappa shape index (κ2) is 5.96. The highest BCUT2D eigenvalue weighted by Gasteiger charge is 2.34. The van der Waals surface area contributed by atoms with Gasteiger partial charge in [-0.3, -0.25) is 4.79 Å². The summed E-state index contributed by atoms with van der Waals surface area (Å²) in [5.74, 6) is 1.39. The Hall–Kier alpha value is -2.08. The van der Waals surface area contributed by atoms with Crippen LogP contribution in [0.1, 0.15) is 41.0 Å². The van der Waals surface area contributed by atoms with E-state index in [1.54, 1.807) is 30.0 Å². The van der Waals surface area contributed by atoms with E-state index < -0.39 is 0 Å². The molecular weight excluding hydrogens is 306 g/mol. The van der Waals surface area contributed by atoms with Gasteiger partial charge < -0.3 is 14.1 Å². The number of carbonyl (C=O) groups excluding carboxylic acids is 1. The van der Waals surface area contributed by atoms with Crippen LogP contribution in [0.15, 0.2) is 22.6 Å². The number of benzene rings is 1. The highest BCUT2D eigenvalue weighted by molar-refractivity contribution is 6.32. The van der Waals surface area contributed by atoms with Crippen molar-refractivity contribution in [1.82, 2.24) is 15.1 Å². The zero-order chi connectivity index (χ0) is 15.7. The number of methoxy groups -OCH3 is 1. The van der Waals surface area contributed by atoms with Gasteiger partial charge in [0.05, 0.1) is 12.1 Å². The molecule has 1 aliphatic rings. The maximum atomic E-state index is 12.8. The molecule has 1 unspecified atom stereocenters. The molecule has 0 bridgehead atoms. The highest BCUT2D eigenvalue weighted by Crippen LogP contribution is 2.33. The van der Waals surface area contributed by atoms with Crippen molar-refractivity contribution in [2.75, 3.05) is 13.7 Å². The molecule has 116 valence electrons. The topological polar surface area (TPSA) is 68.5 Å². The van der Waals surface area contributed by atoms with Crippen LogP contribution in [0.3, 0.4) is 0 Å². The third-order valence-electron chi connectivity index (χ3n) is 3.74. The van der Waals surface area contributed by atoms with Crippen molar-refractivity contribution in [2.24, 2.45) is 0 Å². The van der Waals surface area contributed by atoms with Crippen LogP contribution >= 0.6 is 11.6 Å². The van der Waals surface area contributed by atoms with Gasteiger partial charge in [0.1, 0.15) is 11.8 Å². The minimum Gasteiger partial charge on any atom is -0.495 e. The zero-order valence-corrected chi connectivity index (χ0v) is 13.1. The summed E-state index contributed by atoms with van der Waals surface area (Å²) in [4.78, 5) is 14.5. The number of ether oxygens (including phenoxy) is 1. The van der Waals surface area contributed by atoms with Crippen molar-refractivity contribution in [3.05, 3.63) is 40.6 Å². The number of hydrogen-bond acceptors (Lipinski definition) is 5. The molecule has 7 heteroatoms. The summed E-state index contributed by atoms with van der Waals surface area (Å²) in [6, 6.07) is 4.84. The lowest BCUT2D eigenvalue weighted by Gasteiger charge is -2.22. The van der Waals surface area contributed by atoms with Crippen LogP contribution in [0.5, 0.6) is 5.75 Å². The third-order valence-corrected chi connectivity index (χ3v) is 4.05. The molecule has 1 aliphatic heterocycles. The number of halogens is 1. The fourth-order valence-corrected chi connectivity index (χ4v) is 2.87. The van der Waals surface area contributed by atoms with Crippen molar-refractivity contribution in [3.63, 3.8) is 0 Å². The highest BCUT2D eigenvalue weighted by atomic mass is 35.5. The number of likely N-dealkylation sites (tertiary alicyclic amines) is 1. The van der Waals surface area contributed by atoms with Gasteiger partial charge in [0.15, 0.2) is 0 Å². The predicted molar refractivity (Wildman–Crippen MR) is 80.1 cm³/mol. The molecule has 1 fully saturated rings. The summed E-state index contributed by atoms with van der Waals surface area (Å²) in [6.07, 6.45) is 1.72. The number of aromatic nitrogens is 2. The van der Waals surface area contributed by atoms with Crippen LogP contribution in [0.4, 0.5) is 0 Å². The summed E-state index contributed by atoms with van der Waals surface area (Å²) < 4.78 is 10.7. The number of aryl methyl sites for hydroxylation is 1. The van der Waals surface area contributed by atoms with E-state index in [1.807, 2.05) is 0 Å². The van der Waals surface area contributed by atoms with Gasteiger partial charge >= 0.3 is 0 Å². The number of nitrogens with zero attached hydrogens (tertiary/aromatic N) is 3. The molecule has 0 aliphatic carbocycles. The van der Waals surface area contributed by atoms with Gasteiger partial charge in [-0.1, -0.05) is 11.6 Å². The minimum absolute atomic E-state index is 0.0895. The molecule has 0 saturated carbocycles. The quantitative estimate of drug-likeness (QED) is 0.869. The third kappa shape index (κ3) is 2.66. The molecule has 0 N–H and O–H groups in total. The molecule has 3 rings (SSSR count). The maximum absolute atomic E-state index is 12.8.